The molecule has 2 aliphatic heterocycles. The number of nitrogens with zero attached hydrogens (tertiary/aromatic N) is 1. The van der Waals surface area contributed by atoms with Gasteiger partial charge in [-0.3, -0.25) is 15.1 Å². The molecule has 3 unspecified atom stereocenters. The summed E-state index contributed by atoms with van der Waals surface area (Å²) < 4.78 is 13.2. The third kappa shape index (κ3) is 4.14. The summed E-state index contributed by atoms with van der Waals surface area (Å²) in [5.74, 6) is -0.315. The lowest BCUT2D eigenvalue weighted by molar-refractivity contribution is -0.124. The van der Waals surface area contributed by atoms with Gasteiger partial charge in [-0.25, -0.2) is 9.40 Å². The number of hydroxylamine groups is 1. The molecule has 2 aliphatic rings. The van der Waals surface area contributed by atoms with Crippen LogP contribution < -0.4 is 16.2 Å². The normalized spacial score (nSPS) is 28.0. The van der Waals surface area contributed by atoms with E-state index in [9.17, 15) is 9.18 Å². The molecule has 2 fully saturated rings. The lowest BCUT2D eigenvalue weighted by Gasteiger charge is -2.17. The monoisotopic (exact) mass is 320 g/mol. The predicted molar refractivity (Wildman–Crippen MR) is 83.4 cm³/mol. The Balaban J connectivity index is 1.46. The van der Waals surface area contributed by atoms with Gasteiger partial charge >= 0.3 is 0 Å². The van der Waals surface area contributed by atoms with Gasteiger partial charge in [-0.1, -0.05) is 18.2 Å². The van der Waals surface area contributed by atoms with Gasteiger partial charge in [0, 0.05) is 26.1 Å². The van der Waals surface area contributed by atoms with E-state index in [1.54, 1.807) is 12.1 Å². The number of carbonyl (C=O) groups excluding carboxylic acids is 1. The molecule has 2 heterocycles. The van der Waals surface area contributed by atoms with Crippen LogP contribution in [0.3, 0.4) is 0 Å². The largest absolute Gasteiger partial charge is 0.349 e. The molecular weight excluding hydrogens is 299 g/mol. The molecule has 2 saturated heterocycles. The van der Waals surface area contributed by atoms with Gasteiger partial charge in [0.15, 0.2) is 0 Å². The minimum Gasteiger partial charge on any atom is -0.349 e. The molecule has 3 atom stereocenters. The second kappa shape index (κ2) is 7.18. The Morgan fingerprint density at radius 2 is 2.43 bits per heavy atom. The first kappa shape index (κ1) is 16.1. The molecule has 0 radical (unpaired) electrons. The topological polar surface area (TPSA) is 65.6 Å². The molecule has 0 aliphatic carbocycles. The zero-order chi connectivity index (χ0) is 16.2. The number of amides is 1. The minimum atomic E-state index is -0.352. The molecule has 7 heteroatoms. The molecule has 0 aromatic heterocycles. The highest BCUT2D eigenvalue weighted by atomic mass is 19.1. The first-order valence-electron chi connectivity index (χ1n) is 7.71. The van der Waals surface area contributed by atoms with Crippen molar-refractivity contribution >= 4 is 5.91 Å². The second-order valence-corrected chi connectivity index (χ2v) is 5.88. The summed E-state index contributed by atoms with van der Waals surface area (Å²) in [5.41, 5.74) is 6.84. The molecule has 0 saturated carbocycles. The Labute approximate surface area is 134 Å². The summed E-state index contributed by atoms with van der Waals surface area (Å²) in [7, 11) is 0. The Morgan fingerprint density at radius 1 is 1.57 bits per heavy atom. The Morgan fingerprint density at radius 3 is 3.17 bits per heavy atom. The van der Waals surface area contributed by atoms with Crippen LogP contribution in [0.15, 0.2) is 36.9 Å². The van der Waals surface area contributed by atoms with Crippen molar-refractivity contribution < 1.29 is 14.0 Å². The molecule has 0 bridgehead atoms. The summed E-state index contributed by atoms with van der Waals surface area (Å²) >= 11 is 0. The van der Waals surface area contributed by atoms with Crippen LogP contribution in [-0.4, -0.2) is 42.2 Å². The predicted octanol–water partition coefficient (Wildman–Crippen LogP) is 0.479. The van der Waals surface area contributed by atoms with E-state index in [1.807, 2.05) is 11.1 Å². The van der Waals surface area contributed by atoms with Crippen molar-refractivity contribution in [2.24, 2.45) is 0 Å². The summed E-state index contributed by atoms with van der Waals surface area (Å²) in [6, 6.07) is 6.18. The van der Waals surface area contributed by atoms with E-state index in [1.165, 1.54) is 12.1 Å². The average Bonchev–Trinajstić information content (AvgIpc) is 3.16. The number of nitrogens with one attached hydrogen (secondary N) is 3. The highest BCUT2D eigenvalue weighted by Crippen LogP contribution is 2.13. The van der Waals surface area contributed by atoms with E-state index >= 15 is 0 Å². The lowest BCUT2D eigenvalue weighted by Crippen LogP contribution is -2.46. The van der Waals surface area contributed by atoms with Crippen molar-refractivity contribution in [1.82, 2.24) is 21.2 Å². The quantitative estimate of drug-likeness (QED) is 0.689. The van der Waals surface area contributed by atoms with E-state index in [0.717, 1.165) is 5.56 Å². The highest BCUT2D eigenvalue weighted by Gasteiger charge is 2.32. The van der Waals surface area contributed by atoms with E-state index in [4.69, 9.17) is 4.84 Å². The zero-order valence-corrected chi connectivity index (χ0v) is 12.8. The summed E-state index contributed by atoms with van der Waals surface area (Å²) in [6.45, 7) is 5.57. The third-order valence-electron chi connectivity index (χ3n) is 4.02. The van der Waals surface area contributed by atoms with Gasteiger partial charge in [0.05, 0.1) is 12.1 Å². The van der Waals surface area contributed by atoms with Crippen molar-refractivity contribution in [1.29, 1.82) is 0 Å². The number of hydrogen-bond acceptors (Lipinski definition) is 5. The molecule has 124 valence electrons. The molecule has 23 heavy (non-hydrogen) atoms. The molecule has 0 spiro atoms. The fourth-order valence-corrected chi connectivity index (χ4v) is 2.81. The molecule has 6 nitrogen and oxygen atoms in total. The molecule has 3 N–H and O–H groups in total. The summed E-state index contributed by atoms with van der Waals surface area (Å²) in [6.07, 6.45) is 2.14. The zero-order valence-electron chi connectivity index (χ0n) is 12.8. The van der Waals surface area contributed by atoms with E-state index in [0.29, 0.717) is 26.1 Å². The minimum absolute atomic E-state index is 0.0145. The fraction of sp³-hybridized carbons (Fsp3) is 0.438. The first-order chi connectivity index (χ1) is 11.1. The number of hydrazine groups is 1. The number of carbonyl (C=O) groups is 1. The second-order valence-electron chi connectivity index (χ2n) is 5.88. The van der Waals surface area contributed by atoms with Crippen molar-refractivity contribution in [2.45, 2.75) is 31.2 Å². The van der Waals surface area contributed by atoms with Crippen LogP contribution in [0.4, 0.5) is 4.39 Å². The third-order valence-corrected chi connectivity index (χ3v) is 4.02. The maximum absolute atomic E-state index is 13.2. The van der Waals surface area contributed by atoms with Gasteiger partial charge in [0.2, 0.25) is 5.91 Å². The van der Waals surface area contributed by atoms with Gasteiger partial charge in [-0.2, -0.15) is 5.48 Å². The van der Waals surface area contributed by atoms with Gasteiger partial charge in [-0.05, 0) is 17.7 Å². The number of benzene rings is 1. The van der Waals surface area contributed by atoms with Gasteiger partial charge in [-0.15, -0.1) is 6.58 Å². The number of rotatable bonds is 5. The van der Waals surface area contributed by atoms with Crippen LogP contribution >= 0.6 is 0 Å². The van der Waals surface area contributed by atoms with Crippen molar-refractivity contribution in [3.63, 3.8) is 0 Å². The standard InChI is InChI=1S/C16H21FN4O2/c1-2-14-7-15(20-23-14)16(22)19-13-8-18-21(10-13)9-11-4-3-5-12(17)6-11/h2-6,13-15,18,20H,1,7-10H2,(H,19,22). The van der Waals surface area contributed by atoms with Gasteiger partial charge in [0.25, 0.3) is 0 Å². The van der Waals surface area contributed by atoms with Gasteiger partial charge < -0.3 is 5.32 Å². The van der Waals surface area contributed by atoms with Crippen LogP contribution in [0.25, 0.3) is 0 Å². The Kier molecular flexibility index (Phi) is 5.02. The van der Waals surface area contributed by atoms with Crippen LogP contribution in [-0.2, 0) is 16.2 Å². The number of hydrogen-bond donors (Lipinski definition) is 3. The lowest BCUT2D eigenvalue weighted by atomic mass is 10.1. The van der Waals surface area contributed by atoms with Crippen molar-refractivity contribution in [3.8, 4) is 0 Å². The molecule has 3 rings (SSSR count). The van der Waals surface area contributed by atoms with Crippen LogP contribution in [0, 0.1) is 5.82 Å². The van der Waals surface area contributed by atoms with E-state index < -0.39 is 0 Å². The first-order valence-corrected chi connectivity index (χ1v) is 7.71. The maximum Gasteiger partial charge on any atom is 0.239 e. The maximum atomic E-state index is 13.2. The molecular formula is C16H21FN4O2. The molecule has 1 aromatic carbocycles. The fourth-order valence-electron chi connectivity index (χ4n) is 2.81. The van der Waals surface area contributed by atoms with Crippen LogP contribution in [0.1, 0.15) is 12.0 Å². The van der Waals surface area contributed by atoms with Crippen LogP contribution in [0.2, 0.25) is 0 Å². The van der Waals surface area contributed by atoms with Gasteiger partial charge in [0.1, 0.15) is 11.9 Å². The van der Waals surface area contributed by atoms with Crippen molar-refractivity contribution in [2.75, 3.05) is 13.1 Å². The van der Waals surface area contributed by atoms with Crippen molar-refractivity contribution in [3.05, 3.63) is 48.3 Å². The highest BCUT2D eigenvalue weighted by molar-refractivity contribution is 5.82. The Hall–Kier alpha value is -1.80. The summed E-state index contributed by atoms with van der Waals surface area (Å²) in [5, 5.41) is 4.98. The van der Waals surface area contributed by atoms with E-state index in [-0.39, 0.29) is 29.9 Å². The molecule has 1 aromatic rings. The molecule has 1 amide bonds. The Bertz CT molecular complexity index is 583. The summed E-state index contributed by atoms with van der Waals surface area (Å²) in [4.78, 5) is 17.4. The average molecular weight is 320 g/mol. The van der Waals surface area contributed by atoms with E-state index in [2.05, 4.69) is 22.8 Å². The SMILES string of the molecule is C=CC1CC(C(=O)NC2CNN(Cc3cccc(F)c3)C2)NO1. The van der Waals surface area contributed by atoms with Crippen LogP contribution in [0.5, 0.6) is 0 Å². The smallest absolute Gasteiger partial charge is 0.239 e. The number of halogens is 1.